The molecule has 1 amide bonds. The summed E-state index contributed by atoms with van der Waals surface area (Å²) in [6, 6.07) is 0.990. The van der Waals surface area contributed by atoms with E-state index >= 15 is 0 Å². The van der Waals surface area contributed by atoms with E-state index in [9.17, 15) is 23.1 Å². The molecule has 0 saturated carbocycles. The second-order valence-electron chi connectivity index (χ2n) is 7.46. The summed E-state index contributed by atoms with van der Waals surface area (Å²) in [6.45, 7) is 3.22. The molecule has 1 N–H and O–H groups in total. The predicted octanol–water partition coefficient (Wildman–Crippen LogP) is 1.52. The van der Waals surface area contributed by atoms with Gasteiger partial charge in [-0.2, -0.15) is 4.31 Å². The number of aryl methyl sites for hydroxylation is 1. The Kier molecular flexibility index (Phi) is 5.62. The smallest absolute Gasteiger partial charge is 0.308 e. The Morgan fingerprint density at radius 3 is 2.41 bits per heavy atom. The largest absolute Gasteiger partial charge is 0.481 e. The maximum absolute atomic E-state index is 13.0. The second kappa shape index (κ2) is 7.63. The van der Waals surface area contributed by atoms with Crippen LogP contribution in [0.1, 0.15) is 49.5 Å². The molecule has 0 spiro atoms. The van der Waals surface area contributed by atoms with Gasteiger partial charge in [-0.25, -0.2) is 8.42 Å². The highest BCUT2D eigenvalue weighted by Crippen LogP contribution is 2.27. The van der Waals surface area contributed by atoms with Gasteiger partial charge in [0.05, 0.1) is 5.92 Å². The number of carboxylic acids is 1. The normalized spacial score (nSPS) is 24.7. The summed E-state index contributed by atoms with van der Waals surface area (Å²) in [5.74, 6) is -1.82. The van der Waals surface area contributed by atoms with Crippen molar-refractivity contribution >= 4 is 21.9 Å². The van der Waals surface area contributed by atoms with Crippen LogP contribution in [0.2, 0.25) is 0 Å². The Bertz CT molecular complexity index is 826. The molecule has 27 heavy (non-hydrogen) atoms. The zero-order valence-corrected chi connectivity index (χ0v) is 16.6. The molecule has 0 aromatic carbocycles. The van der Waals surface area contributed by atoms with Gasteiger partial charge in [-0.1, -0.05) is 6.42 Å². The standard InChI is InChI=1S/C18H27N3O5S/c1-13-15(18(23)24)7-6-10-21(13)17(22)16-11-14(12-19(16)2)27(25,26)20-8-4-3-5-9-20/h11-13,15H,3-10H2,1-2H3,(H,23,24)/t13-,15-/m1/s1. The lowest BCUT2D eigenvalue weighted by Gasteiger charge is -2.37. The van der Waals surface area contributed by atoms with Crippen molar-refractivity contribution in [2.75, 3.05) is 19.6 Å². The van der Waals surface area contributed by atoms with Gasteiger partial charge in [-0.05, 0) is 38.7 Å². The fourth-order valence-electron chi connectivity index (χ4n) is 4.05. The highest BCUT2D eigenvalue weighted by molar-refractivity contribution is 7.89. The Hall–Kier alpha value is -1.87. The van der Waals surface area contributed by atoms with Crippen LogP contribution in [0.3, 0.4) is 0 Å². The third-order valence-electron chi connectivity index (χ3n) is 5.72. The number of piperidine rings is 2. The number of likely N-dealkylation sites (tertiary alicyclic amines) is 1. The van der Waals surface area contributed by atoms with Crippen LogP contribution in [0.15, 0.2) is 17.2 Å². The number of aromatic nitrogens is 1. The van der Waals surface area contributed by atoms with Crippen molar-refractivity contribution < 1.29 is 23.1 Å². The van der Waals surface area contributed by atoms with E-state index in [4.69, 9.17) is 0 Å². The Morgan fingerprint density at radius 1 is 1.11 bits per heavy atom. The van der Waals surface area contributed by atoms with Crippen LogP contribution in [-0.4, -0.2) is 64.8 Å². The summed E-state index contributed by atoms with van der Waals surface area (Å²) in [6.07, 6.45) is 5.36. The van der Waals surface area contributed by atoms with Gasteiger partial charge in [0.1, 0.15) is 10.6 Å². The molecule has 0 aliphatic carbocycles. The summed E-state index contributed by atoms with van der Waals surface area (Å²) in [4.78, 5) is 26.1. The zero-order valence-electron chi connectivity index (χ0n) is 15.8. The summed E-state index contributed by atoms with van der Waals surface area (Å²) in [5, 5.41) is 9.36. The van der Waals surface area contributed by atoms with Crippen molar-refractivity contribution in [2.24, 2.45) is 13.0 Å². The van der Waals surface area contributed by atoms with Crippen LogP contribution in [-0.2, 0) is 21.9 Å². The average molecular weight is 397 g/mol. The zero-order chi connectivity index (χ0) is 19.8. The molecule has 2 fully saturated rings. The van der Waals surface area contributed by atoms with Crippen LogP contribution in [0.4, 0.5) is 0 Å². The van der Waals surface area contributed by atoms with Gasteiger partial charge in [0.25, 0.3) is 5.91 Å². The number of amides is 1. The van der Waals surface area contributed by atoms with E-state index < -0.39 is 28.0 Å². The first-order chi connectivity index (χ1) is 12.7. The molecule has 2 atom stereocenters. The maximum Gasteiger partial charge on any atom is 0.308 e. The maximum atomic E-state index is 13.0. The van der Waals surface area contributed by atoms with Gasteiger partial charge in [0.15, 0.2) is 0 Å². The van der Waals surface area contributed by atoms with E-state index in [0.717, 1.165) is 19.3 Å². The molecule has 2 aliphatic rings. The summed E-state index contributed by atoms with van der Waals surface area (Å²) in [7, 11) is -1.97. The van der Waals surface area contributed by atoms with E-state index in [1.807, 2.05) is 0 Å². The number of carbonyl (C=O) groups excluding carboxylic acids is 1. The monoisotopic (exact) mass is 397 g/mol. The molecule has 0 bridgehead atoms. The first-order valence-electron chi connectivity index (χ1n) is 9.44. The summed E-state index contributed by atoms with van der Waals surface area (Å²) < 4.78 is 28.7. The molecule has 3 heterocycles. The first kappa shape index (κ1) is 19.9. The van der Waals surface area contributed by atoms with Crippen LogP contribution in [0, 0.1) is 5.92 Å². The van der Waals surface area contributed by atoms with Crippen LogP contribution < -0.4 is 0 Å². The molecular formula is C18H27N3O5S. The van der Waals surface area contributed by atoms with Crippen molar-refractivity contribution in [2.45, 2.75) is 50.0 Å². The number of hydrogen-bond acceptors (Lipinski definition) is 4. The number of nitrogens with zero attached hydrogens (tertiary/aromatic N) is 3. The molecule has 3 rings (SSSR count). The molecular weight excluding hydrogens is 370 g/mol. The van der Waals surface area contributed by atoms with Gasteiger partial charge in [0.2, 0.25) is 10.0 Å². The number of aliphatic carboxylic acids is 1. The van der Waals surface area contributed by atoms with Crippen molar-refractivity contribution in [3.63, 3.8) is 0 Å². The Morgan fingerprint density at radius 2 is 1.78 bits per heavy atom. The van der Waals surface area contributed by atoms with E-state index in [1.165, 1.54) is 21.1 Å². The van der Waals surface area contributed by atoms with Crippen molar-refractivity contribution in [1.29, 1.82) is 0 Å². The minimum Gasteiger partial charge on any atom is -0.481 e. The third-order valence-corrected chi connectivity index (χ3v) is 7.58. The third kappa shape index (κ3) is 3.75. The SMILES string of the molecule is C[C@@H]1[C@H](C(=O)O)CCCN1C(=O)c1cc(S(=O)(=O)N2CCCCC2)cn1C. The van der Waals surface area contributed by atoms with Crippen molar-refractivity contribution in [3.05, 3.63) is 18.0 Å². The van der Waals surface area contributed by atoms with Crippen molar-refractivity contribution in [3.8, 4) is 0 Å². The van der Waals surface area contributed by atoms with Gasteiger partial charge in [-0.15, -0.1) is 0 Å². The summed E-state index contributed by atoms with van der Waals surface area (Å²) in [5.41, 5.74) is 0.267. The first-order valence-corrected chi connectivity index (χ1v) is 10.9. The molecule has 9 heteroatoms. The Labute approximate surface area is 159 Å². The highest BCUT2D eigenvalue weighted by atomic mass is 32.2. The molecule has 150 valence electrons. The topological polar surface area (TPSA) is 99.9 Å². The average Bonchev–Trinajstić information content (AvgIpc) is 3.04. The fourth-order valence-corrected chi connectivity index (χ4v) is 5.64. The minimum absolute atomic E-state index is 0.120. The number of hydrogen-bond donors (Lipinski definition) is 1. The molecule has 8 nitrogen and oxygen atoms in total. The van der Waals surface area contributed by atoms with E-state index in [-0.39, 0.29) is 16.5 Å². The van der Waals surface area contributed by atoms with E-state index in [0.29, 0.717) is 32.5 Å². The van der Waals surface area contributed by atoms with Crippen LogP contribution in [0.25, 0.3) is 0 Å². The van der Waals surface area contributed by atoms with Gasteiger partial charge in [-0.3, -0.25) is 9.59 Å². The van der Waals surface area contributed by atoms with Gasteiger partial charge < -0.3 is 14.6 Å². The quantitative estimate of drug-likeness (QED) is 0.830. The molecule has 2 aliphatic heterocycles. The van der Waals surface area contributed by atoms with Gasteiger partial charge >= 0.3 is 5.97 Å². The summed E-state index contributed by atoms with van der Waals surface area (Å²) >= 11 is 0. The number of carbonyl (C=O) groups is 2. The fraction of sp³-hybridized carbons (Fsp3) is 0.667. The number of rotatable bonds is 4. The molecule has 2 saturated heterocycles. The lowest BCUT2D eigenvalue weighted by molar-refractivity contribution is -0.145. The van der Waals surface area contributed by atoms with Gasteiger partial charge in [0, 0.05) is 38.9 Å². The lowest BCUT2D eigenvalue weighted by Crippen LogP contribution is -2.49. The second-order valence-corrected chi connectivity index (χ2v) is 9.40. The molecule has 0 unspecified atom stereocenters. The molecule has 1 aromatic heterocycles. The lowest BCUT2D eigenvalue weighted by atomic mass is 9.90. The van der Waals surface area contributed by atoms with Crippen LogP contribution in [0.5, 0.6) is 0 Å². The number of carboxylic acid groups (broad SMARTS) is 1. The van der Waals surface area contributed by atoms with Crippen LogP contribution >= 0.6 is 0 Å². The van der Waals surface area contributed by atoms with E-state index in [1.54, 1.807) is 18.9 Å². The van der Waals surface area contributed by atoms with E-state index in [2.05, 4.69) is 0 Å². The van der Waals surface area contributed by atoms with Crippen molar-refractivity contribution in [1.82, 2.24) is 13.8 Å². The predicted molar refractivity (Wildman–Crippen MR) is 98.9 cm³/mol. The highest BCUT2D eigenvalue weighted by Gasteiger charge is 2.37. The minimum atomic E-state index is -3.62. The Balaban J connectivity index is 1.85. The molecule has 0 radical (unpaired) electrons. The number of sulfonamides is 1. The molecule has 1 aromatic rings.